The molecule has 2 fully saturated rings. The number of carbonyl (C=O) groups is 4. The normalized spacial score (nSPS) is 28.3. The molecule has 1 aliphatic heterocycles. The number of hydrogen-bond acceptors (Lipinski definition) is 5. The van der Waals surface area contributed by atoms with Crippen LogP contribution < -0.4 is 0 Å². The molecule has 2 rings (SSSR count). The molecule has 1 aliphatic carbocycles. The third kappa shape index (κ3) is 4.90. The van der Waals surface area contributed by atoms with Gasteiger partial charge >= 0.3 is 0 Å². The lowest BCUT2D eigenvalue weighted by Gasteiger charge is -2.29. The molecule has 23 heavy (non-hydrogen) atoms. The second-order valence-electron chi connectivity index (χ2n) is 6.69. The second kappa shape index (κ2) is 8.08. The molecule has 2 amide bonds. The van der Waals surface area contributed by atoms with E-state index in [0.29, 0.717) is 24.6 Å². The van der Waals surface area contributed by atoms with Crippen molar-refractivity contribution >= 4 is 35.1 Å². The van der Waals surface area contributed by atoms with Crippen molar-refractivity contribution in [2.75, 3.05) is 12.3 Å². The molecule has 1 atom stereocenters. The molecule has 1 saturated carbocycles. The summed E-state index contributed by atoms with van der Waals surface area (Å²) >= 11 is 1.42. The summed E-state index contributed by atoms with van der Waals surface area (Å²) in [5.41, 5.74) is 0. The second-order valence-corrected chi connectivity index (χ2v) is 8.00. The Labute approximate surface area is 141 Å². The van der Waals surface area contributed by atoms with Crippen molar-refractivity contribution in [2.45, 2.75) is 57.6 Å². The Bertz CT molecular complexity index is 497. The number of amides is 2. The molecule has 1 saturated heterocycles. The Morgan fingerprint density at radius 3 is 2.35 bits per heavy atom. The quantitative estimate of drug-likeness (QED) is 0.665. The van der Waals surface area contributed by atoms with Gasteiger partial charge in [0, 0.05) is 31.1 Å². The molecule has 5 nitrogen and oxygen atoms in total. The Morgan fingerprint density at radius 1 is 1.13 bits per heavy atom. The van der Waals surface area contributed by atoms with Crippen LogP contribution in [-0.2, 0) is 19.2 Å². The standard InChI is InChI=1S/C17H25NO4S/c1-11(19)7-8-23-15-9-16(21)18(17(15)22)10-13-3-5-14(6-4-13)12(2)20/h13-15H,3-10H2,1-2H3. The summed E-state index contributed by atoms with van der Waals surface area (Å²) in [6, 6.07) is 0. The van der Waals surface area contributed by atoms with Gasteiger partial charge in [-0.3, -0.25) is 24.1 Å². The number of hydrogen-bond donors (Lipinski definition) is 0. The van der Waals surface area contributed by atoms with Gasteiger partial charge in [0.15, 0.2) is 0 Å². The molecule has 0 aromatic carbocycles. The van der Waals surface area contributed by atoms with Crippen molar-refractivity contribution in [2.24, 2.45) is 11.8 Å². The molecular weight excluding hydrogens is 314 g/mol. The van der Waals surface area contributed by atoms with Gasteiger partial charge < -0.3 is 0 Å². The highest BCUT2D eigenvalue weighted by Gasteiger charge is 2.40. The SMILES string of the molecule is CC(=O)CCSC1CC(=O)N(CC2CCC(C(C)=O)CC2)C1=O. The minimum absolute atomic E-state index is 0.0935. The van der Waals surface area contributed by atoms with Crippen LogP contribution in [0.5, 0.6) is 0 Å². The van der Waals surface area contributed by atoms with Crippen LogP contribution in [0, 0.1) is 11.8 Å². The maximum absolute atomic E-state index is 12.4. The molecule has 0 aromatic heterocycles. The van der Waals surface area contributed by atoms with Crippen LogP contribution in [0.3, 0.4) is 0 Å². The first-order valence-corrected chi connectivity index (χ1v) is 9.39. The third-order valence-corrected chi connectivity index (χ3v) is 6.05. The number of Topliss-reactive ketones (excluding diaryl/α,β-unsaturated/α-hetero) is 2. The van der Waals surface area contributed by atoms with Crippen LogP contribution in [-0.4, -0.2) is 45.8 Å². The molecule has 0 spiro atoms. The van der Waals surface area contributed by atoms with Gasteiger partial charge in [0.1, 0.15) is 11.6 Å². The number of likely N-dealkylation sites (tertiary alicyclic amines) is 1. The maximum atomic E-state index is 12.4. The average molecular weight is 339 g/mol. The van der Waals surface area contributed by atoms with E-state index in [-0.39, 0.29) is 41.0 Å². The summed E-state index contributed by atoms with van der Waals surface area (Å²) in [5, 5.41) is -0.324. The van der Waals surface area contributed by atoms with Crippen molar-refractivity contribution < 1.29 is 19.2 Å². The van der Waals surface area contributed by atoms with E-state index in [9.17, 15) is 19.2 Å². The monoisotopic (exact) mass is 339 g/mol. The number of imide groups is 1. The van der Waals surface area contributed by atoms with E-state index in [1.165, 1.54) is 23.6 Å². The number of thioether (sulfide) groups is 1. The topological polar surface area (TPSA) is 71.5 Å². The van der Waals surface area contributed by atoms with Crippen molar-refractivity contribution in [1.82, 2.24) is 4.90 Å². The fraction of sp³-hybridized carbons (Fsp3) is 0.765. The van der Waals surface area contributed by atoms with Gasteiger partial charge in [0.05, 0.1) is 5.25 Å². The minimum atomic E-state index is -0.324. The van der Waals surface area contributed by atoms with Crippen molar-refractivity contribution in [1.29, 1.82) is 0 Å². The lowest BCUT2D eigenvalue weighted by molar-refractivity contribution is -0.139. The molecule has 0 bridgehead atoms. The molecule has 1 unspecified atom stereocenters. The highest BCUT2D eigenvalue weighted by molar-refractivity contribution is 8.00. The zero-order valence-corrected chi connectivity index (χ0v) is 14.7. The van der Waals surface area contributed by atoms with Gasteiger partial charge in [0.25, 0.3) is 0 Å². The predicted octanol–water partition coefficient (Wildman–Crippen LogP) is 2.22. The molecular formula is C17H25NO4S. The highest BCUT2D eigenvalue weighted by Crippen LogP contribution is 2.32. The third-order valence-electron chi connectivity index (χ3n) is 4.84. The van der Waals surface area contributed by atoms with Crippen LogP contribution in [0.25, 0.3) is 0 Å². The van der Waals surface area contributed by atoms with Gasteiger partial charge in [-0.05, 0) is 45.4 Å². The van der Waals surface area contributed by atoms with Crippen LogP contribution in [0.15, 0.2) is 0 Å². The zero-order chi connectivity index (χ0) is 17.0. The minimum Gasteiger partial charge on any atom is -0.300 e. The molecule has 0 aromatic rings. The molecule has 128 valence electrons. The summed E-state index contributed by atoms with van der Waals surface area (Å²) in [6.07, 6.45) is 4.24. The molecule has 1 heterocycles. The summed E-state index contributed by atoms with van der Waals surface area (Å²) in [5.74, 6) is 1.23. The van der Waals surface area contributed by atoms with Crippen molar-refractivity contribution in [3.8, 4) is 0 Å². The number of nitrogens with zero attached hydrogens (tertiary/aromatic N) is 1. The largest absolute Gasteiger partial charge is 0.300 e. The Hall–Kier alpha value is -1.17. The van der Waals surface area contributed by atoms with E-state index in [4.69, 9.17) is 0 Å². The van der Waals surface area contributed by atoms with E-state index < -0.39 is 0 Å². The first kappa shape index (κ1) is 18.2. The van der Waals surface area contributed by atoms with Crippen LogP contribution in [0.2, 0.25) is 0 Å². The van der Waals surface area contributed by atoms with Crippen LogP contribution in [0.4, 0.5) is 0 Å². The number of ketones is 2. The van der Waals surface area contributed by atoms with Gasteiger partial charge in [-0.25, -0.2) is 0 Å². The Kier molecular flexibility index (Phi) is 6.39. The van der Waals surface area contributed by atoms with E-state index in [0.717, 1.165) is 25.7 Å². The fourth-order valence-electron chi connectivity index (χ4n) is 3.33. The first-order chi connectivity index (χ1) is 10.9. The summed E-state index contributed by atoms with van der Waals surface area (Å²) in [6.45, 7) is 3.67. The molecule has 0 radical (unpaired) electrons. The van der Waals surface area contributed by atoms with Crippen molar-refractivity contribution in [3.63, 3.8) is 0 Å². The lowest BCUT2D eigenvalue weighted by atomic mass is 9.80. The zero-order valence-electron chi connectivity index (χ0n) is 13.9. The molecule has 2 aliphatic rings. The number of rotatable bonds is 7. The maximum Gasteiger partial charge on any atom is 0.242 e. The predicted molar refractivity (Wildman–Crippen MR) is 89.0 cm³/mol. The van der Waals surface area contributed by atoms with E-state index in [2.05, 4.69) is 0 Å². The van der Waals surface area contributed by atoms with E-state index >= 15 is 0 Å². The van der Waals surface area contributed by atoms with Crippen LogP contribution >= 0.6 is 11.8 Å². The number of carbonyl (C=O) groups excluding carboxylic acids is 4. The van der Waals surface area contributed by atoms with Crippen molar-refractivity contribution in [3.05, 3.63) is 0 Å². The van der Waals surface area contributed by atoms with Gasteiger partial charge in [-0.15, -0.1) is 11.8 Å². The Balaban J connectivity index is 1.81. The molecule has 0 N–H and O–H groups in total. The summed E-state index contributed by atoms with van der Waals surface area (Å²) in [4.78, 5) is 48.3. The van der Waals surface area contributed by atoms with E-state index in [1.54, 1.807) is 6.92 Å². The summed E-state index contributed by atoms with van der Waals surface area (Å²) < 4.78 is 0. The van der Waals surface area contributed by atoms with E-state index in [1.807, 2.05) is 0 Å². The van der Waals surface area contributed by atoms with Gasteiger partial charge in [-0.1, -0.05) is 0 Å². The molecule has 6 heteroatoms. The first-order valence-electron chi connectivity index (χ1n) is 8.34. The van der Waals surface area contributed by atoms with Gasteiger partial charge in [0.2, 0.25) is 11.8 Å². The smallest absolute Gasteiger partial charge is 0.242 e. The average Bonchev–Trinajstić information content (AvgIpc) is 2.75. The fourth-order valence-corrected chi connectivity index (χ4v) is 4.55. The Morgan fingerprint density at radius 2 is 1.78 bits per heavy atom. The lowest BCUT2D eigenvalue weighted by Crippen LogP contribution is -2.37. The summed E-state index contributed by atoms with van der Waals surface area (Å²) in [7, 11) is 0. The van der Waals surface area contributed by atoms with Crippen LogP contribution in [0.1, 0.15) is 52.4 Å². The van der Waals surface area contributed by atoms with Gasteiger partial charge in [-0.2, -0.15) is 0 Å². The highest BCUT2D eigenvalue weighted by atomic mass is 32.2.